The number of nitrogens with one attached hydrogen (secondary N) is 2. The fourth-order valence-corrected chi connectivity index (χ4v) is 5.27. The molecule has 0 radical (unpaired) electrons. The van der Waals surface area contributed by atoms with E-state index >= 15 is 0 Å². The van der Waals surface area contributed by atoms with Gasteiger partial charge in [0, 0.05) is 30.6 Å². The summed E-state index contributed by atoms with van der Waals surface area (Å²) in [6.07, 6.45) is 6.87. The molecule has 2 aliphatic rings. The topological polar surface area (TPSA) is 81.7 Å². The summed E-state index contributed by atoms with van der Waals surface area (Å²) < 4.78 is 0. The van der Waals surface area contributed by atoms with Crippen molar-refractivity contribution in [3.8, 4) is 5.75 Å². The minimum absolute atomic E-state index is 0.00626. The van der Waals surface area contributed by atoms with Crippen LogP contribution in [0.1, 0.15) is 62.7 Å². The lowest BCUT2D eigenvalue weighted by molar-refractivity contribution is -0.126. The fourth-order valence-electron chi connectivity index (χ4n) is 5.27. The molecule has 1 aliphatic carbocycles. The summed E-state index contributed by atoms with van der Waals surface area (Å²) in [5, 5.41) is 18.4. The first-order valence-corrected chi connectivity index (χ1v) is 12.0. The lowest BCUT2D eigenvalue weighted by Gasteiger charge is -2.30. The van der Waals surface area contributed by atoms with Gasteiger partial charge < -0.3 is 15.7 Å². The summed E-state index contributed by atoms with van der Waals surface area (Å²) in [5.41, 5.74) is 0.276. The molecule has 4 rings (SSSR count). The number of benzene rings is 2. The SMILES string of the molecule is CC(C)NC(=O)[C@@H]1C[C@H](NC(=O)c2ccc3ccccc3c2O)CN1CC1CCCCC1. The number of amides is 2. The normalized spacial score (nSPS) is 22.3. The Balaban J connectivity index is 1.47. The highest BCUT2D eigenvalue weighted by Crippen LogP contribution is 2.30. The zero-order valence-corrected chi connectivity index (χ0v) is 19.1. The Kier molecular flexibility index (Phi) is 6.99. The predicted octanol–water partition coefficient (Wildman–Crippen LogP) is 3.82. The first-order valence-electron chi connectivity index (χ1n) is 12.0. The Morgan fingerprint density at radius 3 is 2.59 bits per heavy atom. The number of likely N-dealkylation sites (tertiary alicyclic amines) is 1. The van der Waals surface area contributed by atoms with E-state index in [1.165, 1.54) is 32.1 Å². The minimum atomic E-state index is -0.291. The van der Waals surface area contributed by atoms with E-state index < -0.39 is 0 Å². The number of fused-ring (bicyclic) bond motifs is 1. The Bertz CT molecular complexity index is 968. The quantitative estimate of drug-likeness (QED) is 0.642. The van der Waals surface area contributed by atoms with Crippen LogP contribution in [0.2, 0.25) is 0 Å². The van der Waals surface area contributed by atoms with Gasteiger partial charge in [-0.25, -0.2) is 0 Å². The van der Waals surface area contributed by atoms with Gasteiger partial charge in [0.25, 0.3) is 5.91 Å². The van der Waals surface area contributed by atoms with Crippen LogP contribution in [0.25, 0.3) is 10.8 Å². The van der Waals surface area contributed by atoms with Gasteiger partial charge in [0.15, 0.2) is 0 Å². The van der Waals surface area contributed by atoms with E-state index in [-0.39, 0.29) is 41.3 Å². The van der Waals surface area contributed by atoms with Gasteiger partial charge in [0.2, 0.25) is 5.91 Å². The fraction of sp³-hybridized carbons (Fsp3) is 0.538. The molecule has 32 heavy (non-hydrogen) atoms. The molecule has 1 saturated carbocycles. The molecule has 2 amide bonds. The number of aromatic hydroxyl groups is 1. The number of rotatable bonds is 6. The number of carbonyl (C=O) groups excluding carboxylic acids is 2. The van der Waals surface area contributed by atoms with E-state index in [9.17, 15) is 14.7 Å². The number of phenols is 1. The van der Waals surface area contributed by atoms with E-state index in [4.69, 9.17) is 0 Å². The van der Waals surface area contributed by atoms with E-state index in [0.717, 1.165) is 11.9 Å². The molecule has 1 aliphatic heterocycles. The Hall–Kier alpha value is -2.60. The second kappa shape index (κ2) is 9.90. The zero-order chi connectivity index (χ0) is 22.7. The standard InChI is InChI=1S/C26H35N3O3/c1-17(2)27-26(32)23-14-20(16-29(23)15-18-8-4-3-5-9-18)28-25(31)22-13-12-19-10-6-7-11-21(19)24(22)30/h6-7,10-13,17-18,20,23,30H,3-5,8-9,14-16H2,1-2H3,(H,27,32)(H,28,31)/t20-,23-/m0/s1. The summed E-state index contributed by atoms with van der Waals surface area (Å²) >= 11 is 0. The molecule has 0 bridgehead atoms. The summed E-state index contributed by atoms with van der Waals surface area (Å²) in [7, 11) is 0. The van der Waals surface area contributed by atoms with Gasteiger partial charge in [-0.2, -0.15) is 0 Å². The molecule has 2 atom stereocenters. The van der Waals surface area contributed by atoms with Crippen LogP contribution in [0.4, 0.5) is 0 Å². The number of carbonyl (C=O) groups is 2. The van der Waals surface area contributed by atoms with Crippen molar-refractivity contribution in [1.29, 1.82) is 0 Å². The summed E-state index contributed by atoms with van der Waals surface area (Å²) in [5.74, 6) is 0.380. The van der Waals surface area contributed by atoms with Gasteiger partial charge in [0.1, 0.15) is 5.75 Å². The van der Waals surface area contributed by atoms with Gasteiger partial charge in [-0.1, -0.05) is 49.6 Å². The third kappa shape index (κ3) is 5.07. The number of phenolic OH excluding ortho intramolecular Hbond substituents is 1. The molecule has 0 unspecified atom stereocenters. The molecule has 2 fully saturated rings. The van der Waals surface area contributed by atoms with Gasteiger partial charge in [-0.15, -0.1) is 0 Å². The zero-order valence-electron chi connectivity index (χ0n) is 19.1. The molecule has 6 heteroatoms. The second-order valence-electron chi connectivity index (χ2n) is 9.73. The Labute approximate surface area is 190 Å². The average molecular weight is 438 g/mol. The van der Waals surface area contributed by atoms with Gasteiger partial charge in [-0.3, -0.25) is 14.5 Å². The van der Waals surface area contributed by atoms with E-state index in [2.05, 4.69) is 15.5 Å². The van der Waals surface area contributed by atoms with Crippen LogP contribution in [0, 0.1) is 5.92 Å². The summed E-state index contributed by atoms with van der Waals surface area (Å²) in [6.45, 7) is 5.51. The third-order valence-corrected chi connectivity index (χ3v) is 6.83. The molecule has 0 aromatic heterocycles. The molecular formula is C26H35N3O3. The van der Waals surface area contributed by atoms with Crippen LogP contribution >= 0.6 is 0 Å². The van der Waals surface area contributed by atoms with E-state index in [1.54, 1.807) is 6.07 Å². The number of hydrogen-bond donors (Lipinski definition) is 3. The van der Waals surface area contributed by atoms with E-state index in [1.807, 2.05) is 44.2 Å². The van der Waals surface area contributed by atoms with Crippen molar-refractivity contribution < 1.29 is 14.7 Å². The van der Waals surface area contributed by atoms with Crippen LogP contribution in [0.3, 0.4) is 0 Å². The van der Waals surface area contributed by atoms with Crippen LogP contribution in [-0.4, -0.2) is 53.0 Å². The molecule has 1 heterocycles. The van der Waals surface area contributed by atoms with Crippen molar-refractivity contribution >= 4 is 22.6 Å². The lowest BCUT2D eigenvalue weighted by Crippen LogP contribution is -2.47. The van der Waals surface area contributed by atoms with Crippen molar-refractivity contribution in [1.82, 2.24) is 15.5 Å². The Morgan fingerprint density at radius 2 is 1.84 bits per heavy atom. The van der Waals surface area contributed by atoms with Gasteiger partial charge in [0.05, 0.1) is 11.6 Å². The van der Waals surface area contributed by atoms with Crippen LogP contribution < -0.4 is 10.6 Å². The molecule has 3 N–H and O–H groups in total. The highest BCUT2D eigenvalue weighted by molar-refractivity contribution is 6.03. The number of nitrogens with zero attached hydrogens (tertiary/aromatic N) is 1. The van der Waals surface area contributed by atoms with Crippen LogP contribution in [0.5, 0.6) is 5.75 Å². The maximum absolute atomic E-state index is 13.0. The number of hydrogen-bond acceptors (Lipinski definition) is 4. The largest absolute Gasteiger partial charge is 0.506 e. The van der Waals surface area contributed by atoms with Crippen molar-refractivity contribution in [2.75, 3.05) is 13.1 Å². The molecule has 172 valence electrons. The van der Waals surface area contributed by atoms with Crippen molar-refractivity contribution in [3.05, 3.63) is 42.0 Å². The molecule has 1 saturated heterocycles. The molecule has 2 aromatic rings. The average Bonchev–Trinajstić information content (AvgIpc) is 3.16. The summed E-state index contributed by atoms with van der Waals surface area (Å²) in [4.78, 5) is 28.2. The van der Waals surface area contributed by atoms with E-state index in [0.29, 0.717) is 24.3 Å². The van der Waals surface area contributed by atoms with Gasteiger partial charge in [-0.05, 0) is 50.5 Å². The smallest absolute Gasteiger partial charge is 0.255 e. The van der Waals surface area contributed by atoms with Gasteiger partial charge >= 0.3 is 0 Å². The first kappa shape index (κ1) is 22.6. The maximum Gasteiger partial charge on any atom is 0.255 e. The lowest BCUT2D eigenvalue weighted by atomic mass is 9.89. The molecule has 0 spiro atoms. The Morgan fingerprint density at radius 1 is 1.09 bits per heavy atom. The van der Waals surface area contributed by atoms with Crippen molar-refractivity contribution in [2.45, 2.75) is 70.5 Å². The highest BCUT2D eigenvalue weighted by Gasteiger charge is 2.38. The second-order valence-corrected chi connectivity index (χ2v) is 9.73. The predicted molar refractivity (Wildman–Crippen MR) is 127 cm³/mol. The maximum atomic E-state index is 13.0. The van der Waals surface area contributed by atoms with Crippen LogP contribution in [-0.2, 0) is 4.79 Å². The first-order chi connectivity index (χ1) is 15.4. The third-order valence-electron chi connectivity index (χ3n) is 6.83. The molecular weight excluding hydrogens is 402 g/mol. The molecule has 6 nitrogen and oxygen atoms in total. The minimum Gasteiger partial charge on any atom is -0.506 e. The van der Waals surface area contributed by atoms with Crippen molar-refractivity contribution in [2.24, 2.45) is 5.92 Å². The summed E-state index contributed by atoms with van der Waals surface area (Å²) in [6, 6.07) is 10.7. The van der Waals surface area contributed by atoms with Crippen LogP contribution in [0.15, 0.2) is 36.4 Å². The van der Waals surface area contributed by atoms with Crippen molar-refractivity contribution in [3.63, 3.8) is 0 Å². The highest BCUT2D eigenvalue weighted by atomic mass is 16.3. The molecule has 2 aromatic carbocycles. The monoisotopic (exact) mass is 437 g/mol.